The first kappa shape index (κ1) is 19.9. The number of hydrogen-bond donors (Lipinski definition) is 1. The van der Waals surface area contributed by atoms with Gasteiger partial charge in [-0.25, -0.2) is 0 Å². The first-order chi connectivity index (χ1) is 11.5. The van der Waals surface area contributed by atoms with E-state index in [1.807, 2.05) is 12.2 Å². The molecule has 1 aromatic rings. The Morgan fingerprint density at radius 2 is 1.71 bits per heavy atom. The van der Waals surface area contributed by atoms with Crippen LogP contribution in [-0.4, -0.2) is 23.7 Å². The lowest BCUT2D eigenvalue weighted by molar-refractivity contribution is -0.144. The molecule has 0 fully saturated rings. The highest BCUT2D eigenvalue weighted by Gasteiger charge is 2.11. The van der Waals surface area contributed by atoms with Gasteiger partial charge in [0.25, 0.3) is 0 Å². The number of aliphatic hydroxyl groups excluding tert-OH is 1. The largest absolute Gasteiger partial charge is 0.453 e. The zero-order valence-electron chi connectivity index (χ0n) is 14.4. The summed E-state index contributed by atoms with van der Waals surface area (Å²) in [5.41, 5.74) is 0.817. The molecule has 0 aromatic heterocycles. The summed E-state index contributed by atoms with van der Waals surface area (Å²) in [4.78, 5) is 22.2. The van der Waals surface area contributed by atoms with Gasteiger partial charge in [-0.05, 0) is 43.0 Å². The summed E-state index contributed by atoms with van der Waals surface area (Å²) < 4.78 is 10.3. The second kappa shape index (κ2) is 11.4. The van der Waals surface area contributed by atoms with Gasteiger partial charge in [-0.3, -0.25) is 9.59 Å². The Balaban J connectivity index is 2.60. The van der Waals surface area contributed by atoms with Gasteiger partial charge in [0, 0.05) is 20.5 Å². The monoisotopic (exact) mass is 334 g/mol. The van der Waals surface area contributed by atoms with Gasteiger partial charge in [0.15, 0.2) is 0 Å². The molecular weight excluding hydrogens is 308 g/mol. The van der Waals surface area contributed by atoms with E-state index < -0.39 is 6.10 Å². The summed E-state index contributed by atoms with van der Waals surface area (Å²) in [6.07, 6.45) is 8.29. The Bertz CT molecular complexity index is 533. The molecule has 0 aliphatic rings. The van der Waals surface area contributed by atoms with Crippen molar-refractivity contribution in [1.82, 2.24) is 0 Å². The number of hydrogen-bond acceptors (Lipinski definition) is 5. The van der Waals surface area contributed by atoms with Crippen LogP contribution < -0.4 is 4.74 Å². The summed E-state index contributed by atoms with van der Waals surface area (Å²) in [6, 6.07) is 6.90. The van der Waals surface area contributed by atoms with E-state index in [1.165, 1.54) is 13.8 Å². The van der Waals surface area contributed by atoms with Crippen molar-refractivity contribution in [3.8, 4) is 5.75 Å². The van der Waals surface area contributed by atoms with Crippen LogP contribution in [0.4, 0.5) is 0 Å². The lowest BCUT2D eigenvalue weighted by Crippen LogP contribution is -2.06. The molecule has 0 bridgehead atoms. The number of esters is 2. The van der Waals surface area contributed by atoms with Crippen LogP contribution in [0.5, 0.6) is 5.75 Å². The number of rotatable bonds is 10. The number of ether oxygens (including phenoxy) is 2. The number of carbonyl (C=O) groups is 2. The molecule has 1 atom stereocenters. The fourth-order valence-electron chi connectivity index (χ4n) is 2.24. The Hall–Kier alpha value is -2.14. The van der Waals surface area contributed by atoms with E-state index in [0.717, 1.165) is 37.7 Å². The van der Waals surface area contributed by atoms with Crippen LogP contribution in [0.2, 0.25) is 0 Å². The highest BCUT2D eigenvalue weighted by molar-refractivity contribution is 5.69. The predicted molar refractivity (Wildman–Crippen MR) is 91.6 cm³/mol. The molecule has 0 saturated heterocycles. The number of carbonyl (C=O) groups excluding carboxylic acids is 2. The zero-order valence-corrected chi connectivity index (χ0v) is 14.4. The van der Waals surface area contributed by atoms with Crippen LogP contribution in [0.3, 0.4) is 0 Å². The Morgan fingerprint density at radius 1 is 1.04 bits per heavy atom. The van der Waals surface area contributed by atoms with Crippen molar-refractivity contribution in [1.29, 1.82) is 0 Å². The number of aliphatic hydroxyl groups is 1. The minimum Gasteiger partial charge on any atom is -0.453 e. The molecular formula is C19H26O5. The lowest BCUT2D eigenvalue weighted by atomic mass is 10.1. The third-order valence-electron chi connectivity index (χ3n) is 3.35. The first-order valence-corrected chi connectivity index (χ1v) is 8.26. The van der Waals surface area contributed by atoms with E-state index in [2.05, 4.69) is 0 Å². The van der Waals surface area contributed by atoms with Gasteiger partial charge in [-0.1, -0.05) is 31.1 Å². The molecule has 0 saturated carbocycles. The molecule has 0 spiro atoms. The van der Waals surface area contributed by atoms with Crippen molar-refractivity contribution in [3.63, 3.8) is 0 Å². The smallest absolute Gasteiger partial charge is 0.308 e. The zero-order chi connectivity index (χ0) is 17.8. The number of unbranched alkanes of at least 4 members (excludes halogenated alkanes) is 4. The summed E-state index contributed by atoms with van der Waals surface area (Å²) >= 11 is 0. The summed E-state index contributed by atoms with van der Waals surface area (Å²) in [5, 5.41) is 8.73. The van der Waals surface area contributed by atoms with Crippen molar-refractivity contribution in [2.75, 3.05) is 6.61 Å². The molecule has 5 heteroatoms. The van der Waals surface area contributed by atoms with Gasteiger partial charge in [-0.2, -0.15) is 0 Å². The number of benzene rings is 1. The molecule has 0 aliphatic carbocycles. The van der Waals surface area contributed by atoms with E-state index >= 15 is 0 Å². The highest BCUT2D eigenvalue weighted by Crippen LogP contribution is 2.23. The third-order valence-corrected chi connectivity index (χ3v) is 3.35. The molecule has 1 rings (SSSR count). The predicted octanol–water partition coefficient (Wildman–Crippen LogP) is 3.72. The Morgan fingerprint density at radius 3 is 2.29 bits per heavy atom. The van der Waals surface area contributed by atoms with Gasteiger partial charge in [0.2, 0.25) is 0 Å². The minimum atomic E-state index is -0.452. The van der Waals surface area contributed by atoms with E-state index in [9.17, 15) is 9.59 Å². The van der Waals surface area contributed by atoms with Crippen LogP contribution in [0.1, 0.15) is 57.6 Å². The van der Waals surface area contributed by atoms with E-state index in [4.69, 9.17) is 14.6 Å². The lowest BCUT2D eigenvalue weighted by Gasteiger charge is -2.14. The standard InChI is InChI=1S/C19H26O5/c1-15(21)23-18-12-10-17(11-13-18)19(24-16(2)22)9-7-5-3-4-6-8-14-20/h7,9-13,19-20H,3-6,8,14H2,1-2H3/b9-7+/t19-/m0/s1. The van der Waals surface area contributed by atoms with Gasteiger partial charge in [-0.15, -0.1) is 0 Å². The molecule has 1 aromatic carbocycles. The van der Waals surface area contributed by atoms with Gasteiger partial charge >= 0.3 is 11.9 Å². The summed E-state index contributed by atoms with van der Waals surface area (Å²) in [5.74, 6) is -0.266. The fourth-order valence-corrected chi connectivity index (χ4v) is 2.24. The first-order valence-electron chi connectivity index (χ1n) is 8.26. The average Bonchev–Trinajstić information content (AvgIpc) is 2.53. The van der Waals surface area contributed by atoms with E-state index in [1.54, 1.807) is 24.3 Å². The van der Waals surface area contributed by atoms with E-state index in [-0.39, 0.29) is 18.5 Å². The van der Waals surface area contributed by atoms with Crippen molar-refractivity contribution in [2.24, 2.45) is 0 Å². The molecule has 0 amide bonds. The van der Waals surface area contributed by atoms with Crippen LogP contribution in [-0.2, 0) is 14.3 Å². The summed E-state index contributed by atoms with van der Waals surface area (Å²) in [7, 11) is 0. The molecule has 1 N–H and O–H groups in total. The quantitative estimate of drug-likeness (QED) is 0.305. The molecule has 0 unspecified atom stereocenters. The maximum atomic E-state index is 11.3. The summed E-state index contributed by atoms with van der Waals surface area (Å²) in [6.45, 7) is 2.97. The molecule has 5 nitrogen and oxygen atoms in total. The fraction of sp³-hybridized carbons (Fsp3) is 0.474. The second-order valence-electron chi connectivity index (χ2n) is 5.55. The van der Waals surface area contributed by atoms with Crippen molar-refractivity contribution in [3.05, 3.63) is 42.0 Å². The van der Waals surface area contributed by atoms with Crippen LogP contribution in [0.15, 0.2) is 36.4 Å². The highest BCUT2D eigenvalue weighted by atomic mass is 16.5. The maximum absolute atomic E-state index is 11.3. The van der Waals surface area contributed by atoms with Crippen LogP contribution in [0.25, 0.3) is 0 Å². The second-order valence-corrected chi connectivity index (χ2v) is 5.55. The van der Waals surface area contributed by atoms with Gasteiger partial charge in [0.1, 0.15) is 11.9 Å². The normalized spacial score (nSPS) is 12.1. The van der Waals surface area contributed by atoms with Crippen LogP contribution in [0, 0.1) is 0 Å². The number of allylic oxidation sites excluding steroid dienone is 1. The molecule has 132 valence electrons. The average molecular weight is 334 g/mol. The Kier molecular flexibility index (Phi) is 9.46. The SMILES string of the molecule is CC(=O)Oc1ccc([C@H](/C=C/CCCCCCO)OC(C)=O)cc1. The minimum absolute atomic E-state index is 0.244. The molecule has 0 heterocycles. The van der Waals surface area contributed by atoms with Crippen LogP contribution >= 0.6 is 0 Å². The third kappa shape index (κ3) is 8.48. The van der Waals surface area contributed by atoms with Crippen molar-refractivity contribution < 1.29 is 24.2 Å². The van der Waals surface area contributed by atoms with Crippen molar-refractivity contribution in [2.45, 2.75) is 52.1 Å². The molecule has 24 heavy (non-hydrogen) atoms. The van der Waals surface area contributed by atoms with E-state index in [0.29, 0.717) is 5.75 Å². The van der Waals surface area contributed by atoms with Gasteiger partial charge < -0.3 is 14.6 Å². The maximum Gasteiger partial charge on any atom is 0.308 e. The van der Waals surface area contributed by atoms with Crippen molar-refractivity contribution >= 4 is 11.9 Å². The molecule has 0 radical (unpaired) electrons. The van der Waals surface area contributed by atoms with Gasteiger partial charge in [0.05, 0.1) is 0 Å². The Labute approximate surface area is 143 Å². The molecule has 0 aliphatic heterocycles. The topological polar surface area (TPSA) is 72.8 Å².